The summed E-state index contributed by atoms with van der Waals surface area (Å²) in [5, 5.41) is 4.72. The quantitative estimate of drug-likeness (QED) is 0.755. The number of aromatic nitrogens is 3. The van der Waals surface area contributed by atoms with Crippen LogP contribution in [0.25, 0.3) is 0 Å². The van der Waals surface area contributed by atoms with Crippen molar-refractivity contribution in [2.24, 2.45) is 0 Å². The molecule has 1 saturated carbocycles. The van der Waals surface area contributed by atoms with Gasteiger partial charge in [-0.25, -0.2) is 9.67 Å². The SMILES string of the molecule is CCSCCc1nc(C2CC2)nn1C(C)(C)C. The van der Waals surface area contributed by atoms with E-state index in [1.165, 1.54) is 24.4 Å². The third-order valence-corrected chi connectivity index (χ3v) is 3.84. The normalized spacial score (nSPS) is 16.5. The molecule has 1 fully saturated rings. The van der Waals surface area contributed by atoms with Crippen molar-refractivity contribution in [1.29, 1.82) is 0 Å². The molecule has 1 aromatic heterocycles. The van der Waals surface area contributed by atoms with Crippen LogP contribution in [-0.4, -0.2) is 26.3 Å². The Balaban J connectivity index is 2.15. The van der Waals surface area contributed by atoms with Crippen molar-refractivity contribution in [2.75, 3.05) is 11.5 Å². The molecule has 4 heteroatoms. The predicted molar refractivity (Wildman–Crippen MR) is 73.7 cm³/mol. The molecule has 1 heterocycles. The molecule has 0 radical (unpaired) electrons. The second kappa shape index (κ2) is 5.01. The Hall–Kier alpha value is -0.510. The van der Waals surface area contributed by atoms with E-state index in [2.05, 4.69) is 32.4 Å². The van der Waals surface area contributed by atoms with Gasteiger partial charge in [0.2, 0.25) is 0 Å². The van der Waals surface area contributed by atoms with Crippen LogP contribution in [0.4, 0.5) is 0 Å². The van der Waals surface area contributed by atoms with Gasteiger partial charge in [0.1, 0.15) is 5.82 Å². The number of thioether (sulfide) groups is 1. The molecule has 1 aliphatic carbocycles. The minimum atomic E-state index is 0.0480. The van der Waals surface area contributed by atoms with Crippen LogP contribution >= 0.6 is 11.8 Å². The third kappa shape index (κ3) is 3.24. The smallest absolute Gasteiger partial charge is 0.154 e. The Morgan fingerprint density at radius 3 is 2.59 bits per heavy atom. The highest BCUT2D eigenvalue weighted by molar-refractivity contribution is 7.99. The molecule has 0 atom stereocenters. The highest BCUT2D eigenvalue weighted by atomic mass is 32.2. The van der Waals surface area contributed by atoms with Crippen LogP contribution in [0.3, 0.4) is 0 Å². The number of nitrogens with zero attached hydrogens (tertiary/aromatic N) is 3. The largest absolute Gasteiger partial charge is 0.245 e. The van der Waals surface area contributed by atoms with Gasteiger partial charge in [0.25, 0.3) is 0 Å². The van der Waals surface area contributed by atoms with E-state index in [0.29, 0.717) is 5.92 Å². The van der Waals surface area contributed by atoms with E-state index in [-0.39, 0.29) is 5.54 Å². The minimum Gasteiger partial charge on any atom is -0.245 e. The van der Waals surface area contributed by atoms with E-state index in [9.17, 15) is 0 Å². The molecule has 1 aliphatic rings. The molecule has 0 N–H and O–H groups in total. The highest BCUT2D eigenvalue weighted by Crippen LogP contribution is 2.38. The van der Waals surface area contributed by atoms with Gasteiger partial charge in [-0.3, -0.25) is 0 Å². The number of hydrogen-bond acceptors (Lipinski definition) is 3. The van der Waals surface area contributed by atoms with Gasteiger partial charge >= 0.3 is 0 Å². The lowest BCUT2D eigenvalue weighted by molar-refractivity contribution is 0.341. The van der Waals surface area contributed by atoms with Gasteiger partial charge in [-0.1, -0.05) is 6.92 Å². The van der Waals surface area contributed by atoms with Crippen molar-refractivity contribution in [2.45, 2.75) is 58.4 Å². The van der Waals surface area contributed by atoms with Gasteiger partial charge in [-0.05, 0) is 39.4 Å². The summed E-state index contributed by atoms with van der Waals surface area (Å²) in [6, 6.07) is 0. The monoisotopic (exact) mass is 253 g/mol. The van der Waals surface area contributed by atoms with Gasteiger partial charge in [0.15, 0.2) is 5.82 Å². The van der Waals surface area contributed by atoms with E-state index >= 15 is 0 Å². The lowest BCUT2D eigenvalue weighted by Crippen LogP contribution is -2.26. The predicted octanol–water partition coefficient (Wildman–Crippen LogP) is 3.21. The van der Waals surface area contributed by atoms with Crippen LogP contribution in [0.2, 0.25) is 0 Å². The molecule has 0 aromatic carbocycles. The number of aryl methyl sites for hydroxylation is 1. The molecule has 96 valence electrons. The Morgan fingerprint density at radius 1 is 1.35 bits per heavy atom. The van der Waals surface area contributed by atoms with Crippen molar-refractivity contribution in [1.82, 2.24) is 14.8 Å². The van der Waals surface area contributed by atoms with Gasteiger partial charge in [-0.15, -0.1) is 0 Å². The first-order valence-corrected chi connectivity index (χ1v) is 7.72. The van der Waals surface area contributed by atoms with Crippen LogP contribution < -0.4 is 0 Å². The molecule has 0 amide bonds. The van der Waals surface area contributed by atoms with Crippen molar-refractivity contribution >= 4 is 11.8 Å². The van der Waals surface area contributed by atoms with Gasteiger partial charge < -0.3 is 0 Å². The molecule has 0 spiro atoms. The first-order chi connectivity index (χ1) is 8.02. The van der Waals surface area contributed by atoms with Crippen LogP contribution in [0.5, 0.6) is 0 Å². The standard InChI is InChI=1S/C13H23N3S/c1-5-17-9-8-11-14-12(10-6-7-10)15-16(11)13(2,3)4/h10H,5-9H2,1-4H3. The average molecular weight is 253 g/mol. The Morgan fingerprint density at radius 2 is 2.06 bits per heavy atom. The van der Waals surface area contributed by atoms with Gasteiger partial charge in [0.05, 0.1) is 5.54 Å². The molecule has 0 bridgehead atoms. The lowest BCUT2D eigenvalue weighted by atomic mass is 10.1. The Bertz CT molecular complexity index is 375. The molecule has 17 heavy (non-hydrogen) atoms. The number of hydrogen-bond donors (Lipinski definition) is 0. The summed E-state index contributed by atoms with van der Waals surface area (Å²) in [4.78, 5) is 4.75. The van der Waals surface area contributed by atoms with Crippen molar-refractivity contribution in [3.8, 4) is 0 Å². The van der Waals surface area contributed by atoms with Crippen molar-refractivity contribution in [3.05, 3.63) is 11.6 Å². The second-order valence-electron chi connectivity index (χ2n) is 5.69. The molecule has 0 aliphatic heterocycles. The van der Waals surface area contributed by atoms with E-state index in [0.717, 1.165) is 18.0 Å². The maximum atomic E-state index is 4.75. The van der Waals surface area contributed by atoms with Gasteiger partial charge in [0, 0.05) is 18.1 Å². The zero-order valence-corrected chi connectivity index (χ0v) is 12.2. The number of rotatable bonds is 5. The van der Waals surface area contributed by atoms with Crippen LogP contribution in [0.1, 0.15) is 58.1 Å². The fourth-order valence-corrected chi connectivity index (χ4v) is 2.50. The third-order valence-electron chi connectivity index (χ3n) is 2.94. The summed E-state index contributed by atoms with van der Waals surface area (Å²) in [5.41, 5.74) is 0.0480. The van der Waals surface area contributed by atoms with Crippen molar-refractivity contribution in [3.63, 3.8) is 0 Å². The first-order valence-electron chi connectivity index (χ1n) is 6.56. The maximum absolute atomic E-state index is 4.75. The zero-order chi connectivity index (χ0) is 12.5. The molecular weight excluding hydrogens is 230 g/mol. The molecular formula is C13H23N3S. The molecule has 1 aromatic rings. The topological polar surface area (TPSA) is 30.7 Å². The summed E-state index contributed by atoms with van der Waals surface area (Å²) < 4.78 is 2.14. The molecule has 0 saturated heterocycles. The highest BCUT2D eigenvalue weighted by Gasteiger charge is 2.30. The fraction of sp³-hybridized carbons (Fsp3) is 0.846. The molecule has 0 unspecified atom stereocenters. The summed E-state index contributed by atoms with van der Waals surface area (Å²) in [6.07, 6.45) is 3.59. The van der Waals surface area contributed by atoms with Crippen molar-refractivity contribution < 1.29 is 0 Å². The minimum absolute atomic E-state index is 0.0480. The molecule has 3 nitrogen and oxygen atoms in total. The average Bonchev–Trinajstić information content (AvgIpc) is 2.99. The van der Waals surface area contributed by atoms with E-state index in [1.54, 1.807) is 0 Å². The second-order valence-corrected chi connectivity index (χ2v) is 7.08. The van der Waals surface area contributed by atoms with E-state index in [4.69, 9.17) is 10.1 Å². The molecule has 2 rings (SSSR count). The summed E-state index contributed by atoms with van der Waals surface area (Å²) in [7, 11) is 0. The van der Waals surface area contributed by atoms with Crippen LogP contribution in [-0.2, 0) is 12.0 Å². The Kier molecular flexibility index (Phi) is 3.81. The Labute approximate surface area is 108 Å². The van der Waals surface area contributed by atoms with E-state index < -0.39 is 0 Å². The summed E-state index contributed by atoms with van der Waals surface area (Å²) >= 11 is 1.97. The lowest BCUT2D eigenvalue weighted by Gasteiger charge is -2.21. The van der Waals surface area contributed by atoms with Crippen LogP contribution in [0.15, 0.2) is 0 Å². The van der Waals surface area contributed by atoms with Crippen LogP contribution in [0, 0.1) is 0 Å². The van der Waals surface area contributed by atoms with Gasteiger partial charge in [-0.2, -0.15) is 16.9 Å². The first kappa shape index (κ1) is 12.9. The summed E-state index contributed by atoms with van der Waals surface area (Å²) in [6.45, 7) is 8.81. The van der Waals surface area contributed by atoms with E-state index in [1.807, 2.05) is 11.8 Å². The zero-order valence-electron chi connectivity index (χ0n) is 11.4. The fourth-order valence-electron chi connectivity index (χ4n) is 1.88. The summed E-state index contributed by atoms with van der Waals surface area (Å²) in [5.74, 6) is 5.22. The maximum Gasteiger partial charge on any atom is 0.154 e.